The molecule has 2 aromatic heterocycles. The number of aryl methyl sites for hydroxylation is 1. The molecule has 166 valence electrons. The van der Waals surface area contributed by atoms with Crippen molar-refractivity contribution in [3.8, 4) is 11.3 Å². The van der Waals surface area contributed by atoms with Crippen molar-refractivity contribution in [1.82, 2.24) is 24.5 Å². The molecular weight excluding hydrogens is 418 g/mol. The molecule has 31 heavy (non-hydrogen) atoms. The Hall–Kier alpha value is -2.66. The molecule has 0 aliphatic rings. The van der Waals surface area contributed by atoms with Gasteiger partial charge in [-0.3, -0.25) is 24.2 Å². The molecule has 0 fully saturated rings. The number of hydroxylamine groups is 1. The Morgan fingerprint density at radius 1 is 1.16 bits per heavy atom. The molecule has 10 heteroatoms. The first-order chi connectivity index (χ1) is 15.0. The number of rotatable bonds is 11. The van der Waals surface area contributed by atoms with E-state index in [0.717, 1.165) is 47.0 Å². The number of pyridine rings is 1. The van der Waals surface area contributed by atoms with Crippen molar-refractivity contribution in [2.45, 2.75) is 38.6 Å². The van der Waals surface area contributed by atoms with E-state index in [9.17, 15) is 13.6 Å². The van der Waals surface area contributed by atoms with Gasteiger partial charge in [-0.1, -0.05) is 31.0 Å². The molecule has 1 amide bonds. The van der Waals surface area contributed by atoms with E-state index in [4.69, 9.17) is 5.21 Å². The van der Waals surface area contributed by atoms with Crippen LogP contribution in [0.15, 0.2) is 42.7 Å². The molecule has 0 aliphatic carbocycles. The maximum Gasteiger partial charge on any atom is 0.243 e. The summed E-state index contributed by atoms with van der Waals surface area (Å²) < 4.78 is 24.6. The molecule has 0 saturated heterocycles. The van der Waals surface area contributed by atoms with Crippen LogP contribution in [0.4, 0.5) is 0 Å². The topological polar surface area (TPSA) is 121 Å². The van der Waals surface area contributed by atoms with Gasteiger partial charge in [0.1, 0.15) is 0 Å². The van der Waals surface area contributed by atoms with Crippen molar-refractivity contribution >= 4 is 28.1 Å². The molecule has 1 unspecified atom stereocenters. The minimum atomic E-state index is -2.08. The van der Waals surface area contributed by atoms with Crippen molar-refractivity contribution in [2.75, 3.05) is 6.54 Å². The van der Waals surface area contributed by atoms with Gasteiger partial charge < -0.3 is 0 Å². The minimum absolute atomic E-state index is 0.275. The molecule has 0 spiro atoms. The molecule has 3 N–H and O–H groups in total. The van der Waals surface area contributed by atoms with Crippen LogP contribution in [-0.2, 0) is 29.7 Å². The Kier molecular flexibility index (Phi) is 8.24. The first kappa shape index (κ1) is 23.0. The van der Waals surface area contributed by atoms with Gasteiger partial charge in [-0.05, 0) is 30.5 Å². The van der Waals surface area contributed by atoms with Gasteiger partial charge in [-0.2, -0.15) is 9.40 Å². The fourth-order valence-electron chi connectivity index (χ4n) is 3.39. The van der Waals surface area contributed by atoms with Crippen LogP contribution in [0.2, 0.25) is 0 Å². The third-order valence-corrected chi connectivity index (χ3v) is 5.89. The third kappa shape index (κ3) is 6.41. The van der Waals surface area contributed by atoms with Crippen LogP contribution in [0.1, 0.15) is 37.7 Å². The average Bonchev–Trinajstić information content (AvgIpc) is 3.15. The molecule has 1 aromatic carbocycles. The van der Waals surface area contributed by atoms with Gasteiger partial charge in [-0.25, -0.2) is 9.69 Å². The fraction of sp³-hybridized carbons (Fsp3) is 0.381. The molecule has 3 aromatic rings. The van der Waals surface area contributed by atoms with Crippen molar-refractivity contribution in [3.63, 3.8) is 0 Å². The number of amides is 1. The number of nitrogens with zero attached hydrogens (tertiary/aromatic N) is 4. The minimum Gasteiger partial charge on any atom is -0.294 e. The van der Waals surface area contributed by atoms with E-state index in [0.29, 0.717) is 19.5 Å². The second-order valence-corrected chi connectivity index (χ2v) is 8.36. The predicted molar refractivity (Wildman–Crippen MR) is 118 cm³/mol. The number of aromatic nitrogens is 3. The van der Waals surface area contributed by atoms with Crippen LogP contribution in [0.25, 0.3) is 22.2 Å². The van der Waals surface area contributed by atoms with E-state index >= 15 is 0 Å². The Morgan fingerprint density at radius 3 is 2.68 bits per heavy atom. The fourth-order valence-corrected chi connectivity index (χ4v) is 3.94. The number of fused-ring (bicyclic) bond motifs is 1. The Labute approximate surface area is 183 Å². The van der Waals surface area contributed by atoms with E-state index in [1.54, 1.807) is 11.7 Å². The van der Waals surface area contributed by atoms with Crippen LogP contribution in [0.5, 0.6) is 0 Å². The Bertz CT molecular complexity index is 1040. The van der Waals surface area contributed by atoms with E-state index < -0.39 is 17.2 Å². The molecule has 0 saturated carbocycles. The second-order valence-electron chi connectivity index (χ2n) is 7.39. The molecule has 0 radical (unpaired) electrons. The maximum atomic E-state index is 11.7. The van der Waals surface area contributed by atoms with Gasteiger partial charge in [0.15, 0.2) is 0 Å². The highest BCUT2D eigenvalue weighted by Gasteiger charge is 2.12. The predicted octanol–water partition coefficient (Wildman–Crippen LogP) is 3.03. The third-order valence-electron chi connectivity index (χ3n) is 5.14. The molecule has 3 rings (SSSR count). The monoisotopic (exact) mass is 445 g/mol. The summed E-state index contributed by atoms with van der Waals surface area (Å²) in [5, 5.41) is 13.8. The van der Waals surface area contributed by atoms with Crippen LogP contribution in [0.3, 0.4) is 0 Å². The molecule has 0 bridgehead atoms. The van der Waals surface area contributed by atoms with Gasteiger partial charge in [0.05, 0.1) is 17.4 Å². The van der Waals surface area contributed by atoms with Crippen molar-refractivity contribution in [3.05, 3.63) is 48.3 Å². The molecular formula is C21H27N5O4S. The van der Waals surface area contributed by atoms with E-state index in [1.165, 1.54) is 4.31 Å². The highest BCUT2D eigenvalue weighted by atomic mass is 32.2. The van der Waals surface area contributed by atoms with E-state index in [2.05, 4.69) is 10.1 Å². The number of hydrogen-bond acceptors (Lipinski definition) is 5. The number of nitrogens with one attached hydrogen (secondary N) is 1. The van der Waals surface area contributed by atoms with Crippen LogP contribution < -0.4 is 5.48 Å². The summed E-state index contributed by atoms with van der Waals surface area (Å²) in [5.41, 5.74) is 5.31. The summed E-state index contributed by atoms with van der Waals surface area (Å²) in [6.07, 6.45) is 6.89. The van der Waals surface area contributed by atoms with Crippen LogP contribution in [0, 0.1) is 0 Å². The van der Waals surface area contributed by atoms with Crippen molar-refractivity contribution in [1.29, 1.82) is 0 Å². The summed E-state index contributed by atoms with van der Waals surface area (Å²) in [7, 11) is 1.90. The maximum absolute atomic E-state index is 11.7. The summed E-state index contributed by atoms with van der Waals surface area (Å²) in [5.74, 6) is -0.394. The SMILES string of the molecule is Cn1ncc2ccc(-c3ccc(CN(CCCCCCC(=O)NO)S(=O)O)cn3)cc21. The zero-order chi connectivity index (χ0) is 22.2. The first-order valence-electron chi connectivity index (χ1n) is 10.1. The zero-order valence-electron chi connectivity index (χ0n) is 17.4. The highest BCUT2D eigenvalue weighted by Crippen LogP contribution is 2.23. The normalized spacial score (nSPS) is 12.4. The quantitative estimate of drug-likeness (QED) is 0.181. The van der Waals surface area contributed by atoms with Crippen LogP contribution in [-0.4, -0.2) is 45.5 Å². The van der Waals surface area contributed by atoms with Gasteiger partial charge in [0, 0.05) is 43.7 Å². The number of benzene rings is 1. The lowest BCUT2D eigenvalue weighted by Gasteiger charge is -2.17. The van der Waals surface area contributed by atoms with Gasteiger partial charge in [-0.15, -0.1) is 0 Å². The summed E-state index contributed by atoms with van der Waals surface area (Å²) >= 11 is -2.08. The number of hydrogen-bond donors (Lipinski definition) is 3. The smallest absolute Gasteiger partial charge is 0.243 e. The van der Waals surface area contributed by atoms with Crippen molar-refractivity contribution in [2.24, 2.45) is 7.05 Å². The lowest BCUT2D eigenvalue weighted by molar-refractivity contribution is -0.129. The standard InChI is InChI=1S/C21H27N5O4S/c1-25-20-12-17(8-9-18(20)14-23-25)19-10-7-16(13-22-19)15-26(31(29)30)11-5-3-2-4-6-21(27)24-28/h7-10,12-14,28H,2-6,11,15H2,1H3,(H,24,27)(H,29,30). The molecule has 9 nitrogen and oxygen atoms in total. The van der Waals surface area contributed by atoms with Gasteiger partial charge in [0.2, 0.25) is 17.2 Å². The van der Waals surface area contributed by atoms with E-state index in [-0.39, 0.29) is 6.42 Å². The van der Waals surface area contributed by atoms with E-state index in [1.807, 2.05) is 48.3 Å². The van der Waals surface area contributed by atoms with Gasteiger partial charge >= 0.3 is 0 Å². The average molecular weight is 446 g/mol. The zero-order valence-corrected chi connectivity index (χ0v) is 18.2. The lowest BCUT2D eigenvalue weighted by Crippen LogP contribution is -2.26. The van der Waals surface area contributed by atoms with Crippen LogP contribution >= 0.6 is 0 Å². The Morgan fingerprint density at radius 2 is 1.97 bits per heavy atom. The summed E-state index contributed by atoms with van der Waals surface area (Å²) in [6.45, 7) is 0.790. The molecule has 2 heterocycles. The number of carbonyl (C=O) groups is 1. The summed E-state index contributed by atoms with van der Waals surface area (Å²) in [6, 6.07) is 9.90. The second kappa shape index (κ2) is 11.1. The molecule has 1 atom stereocenters. The Balaban J connectivity index is 1.54. The largest absolute Gasteiger partial charge is 0.294 e. The number of unbranched alkanes of at least 4 members (excludes halogenated alkanes) is 3. The van der Waals surface area contributed by atoms with Crippen molar-refractivity contribution < 1.29 is 18.8 Å². The first-order valence-corrected chi connectivity index (χ1v) is 11.2. The lowest BCUT2D eigenvalue weighted by atomic mass is 10.1. The highest BCUT2D eigenvalue weighted by molar-refractivity contribution is 7.76. The molecule has 0 aliphatic heterocycles. The number of carbonyl (C=O) groups excluding carboxylic acids is 1. The van der Waals surface area contributed by atoms with Gasteiger partial charge in [0.25, 0.3) is 0 Å². The summed E-state index contributed by atoms with van der Waals surface area (Å²) in [4.78, 5) is 15.5.